The summed E-state index contributed by atoms with van der Waals surface area (Å²) in [4.78, 5) is 19.0. The summed E-state index contributed by atoms with van der Waals surface area (Å²) in [6.07, 6.45) is 3.22. The molecule has 0 aliphatic carbocycles. The third-order valence-electron chi connectivity index (χ3n) is 2.61. The van der Waals surface area contributed by atoms with Crippen LogP contribution in [0.1, 0.15) is 21.6 Å². The van der Waals surface area contributed by atoms with Gasteiger partial charge >= 0.3 is 0 Å². The molecule has 2 aromatic rings. The number of hydrogen-bond donors (Lipinski definition) is 2. The molecule has 0 bridgehead atoms. The number of aromatic nitrogens is 2. The molecule has 0 saturated carbocycles. The minimum absolute atomic E-state index is 0.416. The number of carbonyl (C=O) groups is 1. The molecule has 1 amide bonds. The van der Waals surface area contributed by atoms with Crippen LogP contribution in [0.4, 0.5) is 5.69 Å². The quantitative estimate of drug-likeness (QED) is 0.851. The van der Waals surface area contributed by atoms with Crippen LogP contribution in [-0.4, -0.2) is 15.9 Å². The Kier molecular flexibility index (Phi) is 3.52. The highest BCUT2D eigenvalue weighted by Crippen LogP contribution is 2.16. The summed E-state index contributed by atoms with van der Waals surface area (Å²) in [5.41, 5.74) is 8.57. The molecule has 0 aliphatic heterocycles. The lowest BCUT2D eigenvalue weighted by molar-refractivity contribution is 0.1000. The largest absolute Gasteiger partial charge is 0.379 e. The van der Waals surface area contributed by atoms with Crippen molar-refractivity contribution in [2.45, 2.75) is 13.5 Å². The number of primary amides is 1. The van der Waals surface area contributed by atoms with Crippen LogP contribution < -0.4 is 11.1 Å². The van der Waals surface area contributed by atoms with Crippen LogP contribution >= 0.6 is 0 Å². The average molecular weight is 242 g/mol. The molecule has 1 aromatic heterocycles. The summed E-state index contributed by atoms with van der Waals surface area (Å²) in [6.45, 7) is 2.54. The molecule has 0 fully saturated rings. The number of nitrogens with zero attached hydrogens (tertiary/aromatic N) is 2. The van der Waals surface area contributed by atoms with E-state index in [1.54, 1.807) is 18.3 Å². The zero-order chi connectivity index (χ0) is 13.0. The van der Waals surface area contributed by atoms with E-state index in [2.05, 4.69) is 15.3 Å². The van der Waals surface area contributed by atoms with Crippen molar-refractivity contribution in [3.8, 4) is 0 Å². The van der Waals surface area contributed by atoms with Crippen molar-refractivity contribution in [2.24, 2.45) is 5.73 Å². The Labute approximate surface area is 105 Å². The van der Waals surface area contributed by atoms with Crippen LogP contribution in [0.3, 0.4) is 0 Å². The van der Waals surface area contributed by atoms with Gasteiger partial charge in [0.05, 0.1) is 12.2 Å². The Morgan fingerprint density at radius 1 is 1.39 bits per heavy atom. The molecule has 3 N–H and O–H groups in total. The zero-order valence-corrected chi connectivity index (χ0v) is 10.1. The SMILES string of the molecule is Cc1cc(C(N)=O)ccc1NCc1ccncn1. The number of nitrogens with two attached hydrogens (primary N) is 1. The van der Waals surface area contributed by atoms with Gasteiger partial charge in [0.15, 0.2) is 0 Å². The van der Waals surface area contributed by atoms with E-state index in [0.29, 0.717) is 12.1 Å². The number of carbonyl (C=O) groups excluding carboxylic acids is 1. The topological polar surface area (TPSA) is 80.9 Å². The van der Waals surface area contributed by atoms with Crippen LogP contribution in [0.2, 0.25) is 0 Å². The van der Waals surface area contributed by atoms with Crippen molar-refractivity contribution in [3.05, 3.63) is 53.6 Å². The van der Waals surface area contributed by atoms with E-state index in [9.17, 15) is 4.79 Å². The van der Waals surface area contributed by atoms with Crippen molar-refractivity contribution >= 4 is 11.6 Å². The first kappa shape index (κ1) is 12.0. The minimum atomic E-state index is -0.416. The molecule has 0 atom stereocenters. The summed E-state index contributed by atoms with van der Waals surface area (Å²) >= 11 is 0. The second-order valence-corrected chi connectivity index (χ2v) is 3.95. The molecular formula is C13H14N4O. The normalized spacial score (nSPS) is 10.1. The second kappa shape index (κ2) is 5.27. The first-order valence-electron chi connectivity index (χ1n) is 5.56. The van der Waals surface area contributed by atoms with E-state index in [4.69, 9.17) is 5.73 Å². The lowest BCUT2D eigenvalue weighted by Crippen LogP contribution is -2.11. The molecule has 0 saturated heterocycles. The molecule has 0 spiro atoms. The van der Waals surface area contributed by atoms with Crippen LogP contribution in [0, 0.1) is 6.92 Å². The molecule has 5 nitrogen and oxygen atoms in total. The first-order chi connectivity index (χ1) is 8.66. The molecule has 0 radical (unpaired) electrons. The molecule has 92 valence electrons. The van der Waals surface area contributed by atoms with Gasteiger partial charge in [-0.1, -0.05) is 0 Å². The maximum Gasteiger partial charge on any atom is 0.248 e. The lowest BCUT2D eigenvalue weighted by atomic mass is 10.1. The summed E-state index contributed by atoms with van der Waals surface area (Å²) in [5.74, 6) is -0.416. The molecule has 18 heavy (non-hydrogen) atoms. The maximum atomic E-state index is 11.0. The van der Waals surface area contributed by atoms with E-state index in [0.717, 1.165) is 16.9 Å². The fourth-order valence-corrected chi connectivity index (χ4v) is 1.62. The Hall–Kier alpha value is -2.43. The standard InChI is InChI=1S/C13H14N4O/c1-9-6-10(13(14)18)2-3-12(9)16-7-11-4-5-15-8-17-11/h2-6,8,16H,7H2,1H3,(H2,14,18). The van der Waals surface area contributed by atoms with Gasteiger partial charge in [-0.05, 0) is 36.8 Å². The van der Waals surface area contributed by atoms with Gasteiger partial charge in [0.1, 0.15) is 6.33 Å². The zero-order valence-electron chi connectivity index (χ0n) is 10.1. The molecule has 1 heterocycles. The molecule has 5 heteroatoms. The molecule has 1 aromatic carbocycles. The average Bonchev–Trinajstić information content (AvgIpc) is 2.38. The first-order valence-corrected chi connectivity index (χ1v) is 5.56. The summed E-state index contributed by atoms with van der Waals surface area (Å²) in [6, 6.07) is 7.17. The highest BCUT2D eigenvalue weighted by atomic mass is 16.1. The number of benzene rings is 1. The van der Waals surface area contributed by atoms with Gasteiger partial charge in [-0.2, -0.15) is 0 Å². The Morgan fingerprint density at radius 3 is 2.83 bits per heavy atom. The van der Waals surface area contributed by atoms with Gasteiger partial charge in [0.2, 0.25) is 5.91 Å². The summed E-state index contributed by atoms with van der Waals surface area (Å²) in [7, 11) is 0. The van der Waals surface area contributed by atoms with Gasteiger partial charge in [-0.15, -0.1) is 0 Å². The van der Waals surface area contributed by atoms with E-state index in [1.165, 1.54) is 6.33 Å². The predicted octanol–water partition coefficient (Wildman–Crippen LogP) is 1.50. The van der Waals surface area contributed by atoms with Crippen molar-refractivity contribution in [1.82, 2.24) is 9.97 Å². The van der Waals surface area contributed by atoms with Gasteiger partial charge in [0.25, 0.3) is 0 Å². The number of amides is 1. The summed E-state index contributed by atoms with van der Waals surface area (Å²) < 4.78 is 0. The predicted molar refractivity (Wildman–Crippen MR) is 69.1 cm³/mol. The van der Waals surface area contributed by atoms with Crippen molar-refractivity contribution < 1.29 is 4.79 Å². The molecular weight excluding hydrogens is 228 g/mol. The molecule has 0 unspecified atom stereocenters. The second-order valence-electron chi connectivity index (χ2n) is 3.95. The van der Waals surface area contributed by atoms with Crippen molar-refractivity contribution in [3.63, 3.8) is 0 Å². The number of aryl methyl sites for hydroxylation is 1. The maximum absolute atomic E-state index is 11.0. The van der Waals surface area contributed by atoms with E-state index < -0.39 is 5.91 Å². The number of rotatable bonds is 4. The third-order valence-corrected chi connectivity index (χ3v) is 2.61. The van der Waals surface area contributed by atoms with Crippen molar-refractivity contribution in [1.29, 1.82) is 0 Å². The van der Waals surface area contributed by atoms with Gasteiger partial charge in [-0.25, -0.2) is 9.97 Å². The Morgan fingerprint density at radius 2 is 2.22 bits per heavy atom. The van der Waals surface area contributed by atoms with Crippen molar-refractivity contribution in [2.75, 3.05) is 5.32 Å². The van der Waals surface area contributed by atoms with E-state index in [1.807, 2.05) is 19.1 Å². The van der Waals surface area contributed by atoms with Crippen LogP contribution in [-0.2, 0) is 6.54 Å². The highest BCUT2D eigenvalue weighted by Gasteiger charge is 2.04. The number of nitrogens with one attached hydrogen (secondary N) is 1. The monoisotopic (exact) mass is 242 g/mol. The van der Waals surface area contributed by atoms with Crippen LogP contribution in [0.25, 0.3) is 0 Å². The number of anilines is 1. The van der Waals surface area contributed by atoms with Gasteiger partial charge < -0.3 is 11.1 Å². The fraction of sp³-hybridized carbons (Fsp3) is 0.154. The van der Waals surface area contributed by atoms with Crippen LogP contribution in [0.15, 0.2) is 36.8 Å². The third kappa shape index (κ3) is 2.82. The lowest BCUT2D eigenvalue weighted by Gasteiger charge is -2.09. The summed E-state index contributed by atoms with van der Waals surface area (Å²) in [5, 5.41) is 3.25. The van der Waals surface area contributed by atoms with Crippen LogP contribution in [0.5, 0.6) is 0 Å². The van der Waals surface area contributed by atoms with Gasteiger partial charge in [-0.3, -0.25) is 4.79 Å². The van der Waals surface area contributed by atoms with E-state index >= 15 is 0 Å². The molecule has 2 rings (SSSR count). The Balaban J connectivity index is 2.08. The highest BCUT2D eigenvalue weighted by molar-refractivity contribution is 5.93. The Bertz CT molecular complexity index is 554. The fourth-order valence-electron chi connectivity index (χ4n) is 1.62. The van der Waals surface area contributed by atoms with E-state index in [-0.39, 0.29) is 0 Å². The van der Waals surface area contributed by atoms with Gasteiger partial charge in [0, 0.05) is 17.4 Å². The smallest absolute Gasteiger partial charge is 0.248 e. The molecule has 0 aliphatic rings. The minimum Gasteiger partial charge on any atom is -0.379 e. The number of hydrogen-bond acceptors (Lipinski definition) is 4.